The summed E-state index contributed by atoms with van der Waals surface area (Å²) in [6.07, 6.45) is 1.45. The second kappa shape index (κ2) is 11.1. The Balaban J connectivity index is 1.75. The molecule has 8 nitrogen and oxygen atoms in total. The quantitative estimate of drug-likeness (QED) is 0.322. The van der Waals surface area contributed by atoms with E-state index in [-0.39, 0.29) is 12.2 Å². The van der Waals surface area contributed by atoms with Gasteiger partial charge in [0.25, 0.3) is 5.91 Å². The number of hydrogen-bond donors (Lipinski definition) is 2. The molecule has 0 saturated carbocycles. The van der Waals surface area contributed by atoms with Gasteiger partial charge in [0.2, 0.25) is 0 Å². The topological polar surface area (TPSA) is 106 Å². The van der Waals surface area contributed by atoms with Crippen molar-refractivity contribution in [3.8, 4) is 17.2 Å². The molecule has 3 aromatic rings. The molecule has 0 heterocycles. The Kier molecular flexibility index (Phi) is 8.04. The third kappa shape index (κ3) is 6.11. The number of para-hydroxylation sites is 1. The predicted molar refractivity (Wildman–Crippen MR) is 126 cm³/mol. The van der Waals surface area contributed by atoms with Crippen LogP contribution in [0.15, 0.2) is 70.2 Å². The highest BCUT2D eigenvalue weighted by atomic mass is 79.9. The van der Waals surface area contributed by atoms with Gasteiger partial charge in [0.1, 0.15) is 12.4 Å². The fourth-order valence-corrected chi connectivity index (χ4v) is 3.29. The van der Waals surface area contributed by atoms with Gasteiger partial charge < -0.3 is 19.3 Å². The van der Waals surface area contributed by atoms with Crippen LogP contribution in [0.2, 0.25) is 0 Å². The molecule has 3 rings (SSSR count). The van der Waals surface area contributed by atoms with Gasteiger partial charge in [0.15, 0.2) is 11.5 Å². The van der Waals surface area contributed by atoms with Crippen molar-refractivity contribution in [3.05, 3.63) is 87.4 Å². The van der Waals surface area contributed by atoms with Gasteiger partial charge in [0, 0.05) is 10.0 Å². The standard InChI is InChI=1S/C24H21BrN2O6/c1-31-20-11-10-18(25)12-19(20)23(28)27-26-13-17-4-3-5-21(32-2)22(17)33-14-15-6-8-16(9-7-15)24(29)30/h3-13H,14H2,1-2H3,(H,27,28)(H,29,30)/b26-13+. The molecule has 0 aliphatic rings. The highest BCUT2D eigenvalue weighted by Gasteiger charge is 2.13. The number of carboxylic acid groups (broad SMARTS) is 1. The number of nitrogens with zero attached hydrogens (tertiary/aromatic N) is 1. The smallest absolute Gasteiger partial charge is 0.335 e. The number of nitrogens with one attached hydrogen (secondary N) is 1. The minimum absolute atomic E-state index is 0.183. The fourth-order valence-electron chi connectivity index (χ4n) is 2.93. The minimum atomic E-state index is -0.992. The summed E-state index contributed by atoms with van der Waals surface area (Å²) < 4.78 is 17.3. The highest BCUT2D eigenvalue weighted by Crippen LogP contribution is 2.31. The number of carboxylic acids is 1. The van der Waals surface area contributed by atoms with Gasteiger partial charge in [-0.1, -0.05) is 34.1 Å². The van der Waals surface area contributed by atoms with E-state index < -0.39 is 11.9 Å². The van der Waals surface area contributed by atoms with Gasteiger partial charge in [-0.05, 0) is 48.0 Å². The molecule has 2 N–H and O–H groups in total. The molecular formula is C24H21BrN2O6. The maximum atomic E-state index is 12.5. The van der Waals surface area contributed by atoms with Crippen LogP contribution in [-0.4, -0.2) is 37.4 Å². The van der Waals surface area contributed by atoms with Gasteiger partial charge >= 0.3 is 5.97 Å². The Labute approximate surface area is 198 Å². The van der Waals surface area contributed by atoms with Crippen LogP contribution in [0.5, 0.6) is 17.2 Å². The molecule has 0 radical (unpaired) electrons. The number of rotatable bonds is 9. The van der Waals surface area contributed by atoms with E-state index >= 15 is 0 Å². The lowest BCUT2D eigenvalue weighted by atomic mass is 10.1. The molecule has 3 aromatic carbocycles. The second-order valence-electron chi connectivity index (χ2n) is 6.71. The summed E-state index contributed by atoms with van der Waals surface area (Å²) in [4.78, 5) is 23.5. The predicted octanol–water partition coefficient (Wildman–Crippen LogP) is 4.51. The van der Waals surface area contributed by atoms with E-state index in [9.17, 15) is 9.59 Å². The van der Waals surface area contributed by atoms with Crippen molar-refractivity contribution in [3.63, 3.8) is 0 Å². The Morgan fingerprint density at radius 2 is 1.76 bits per heavy atom. The number of amides is 1. The highest BCUT2D eigenvalue weighted by molar-refractivity contribution is 9.10. The first-order valence-corrected chi connectivity index (χ1v) is 10.5. The number of halogens is 1. The maximum Gasteiger partial charge on any atom is 0.335 e. The van der Waals surface area contributed by atoms with Crippen LogP contribution >= 0.6 is 15.9 Å². The zero-order valence-corrected chi connectivity index (χ0v) is 19.5. The SMILES string of the molecule is COc1ccc(Br)cc1C(=O)N/N=C/c1cccc(OC)c1OCc1ccc(C(=O)O)cc1. The molecule has 0 unspecified atom stereocenters. The molecule has 0 bridgehead atoms. The number of aromatic carboxylic acids is 1. The summed E-state index contributed by atoms with van der Waals surface area (Å²) in [5.74, 6) is -0.0897. The zero-order valence-electron chi connectivity index (χ0n) is 17.9. The lowest BCUT2D eigenvalue weighted by Crippen LogP contribution is -2.18. The van der Waals surface area contributed by atoms with E-state index in [0.29, 0.717) is 28.4 Å². The summed E-state index contributed by atoms with van der Waals surface area (Å²) in [7, 11) is 3.00. The molecule has 0 saturated heterocycles. The van der Waals surface area contributed by atoms with Crippen LogP contribution in [0.25, 0.3) is 0 Å². The van der Waals surface area contributed by atoms with Crippen LogP contribution in [0.3, 0.4) is 0 Å². The van der Waals surface area contributed by atoms with E-state index in [1.165, 1.54) is 32.6 Å². The van der Waals surface area contributed by atoms with E-state index in [4.69, 9.17) is 19.3 Å². The van der Waals surface area contributed by atoms with E-state index in [1.807, 2.05) is 0 Å². The third-order valence-electron chi connectivity index (χ3n) is 4.59. The molecule has 170 valence electrons. The lowest BCUT2D eigenvalue weighted by molar-refractivity contribution is 0.0696. The molecule has 0 aliphatic heterocycles. The second-order valence-corrected chi connectivity index (χ2v) is 7.63. The first kappa shape index (κ1) is 23.8. The summed E-state index contributed by atoms with van der Waals surface area (Å²) in [6, 6.07) is 16.7. The normalized spacial score (nSPS) is 10.6. The Morgan fingerprint density at radius 1 is 1.03 bits per heavy atom. The number of methoxy groups -OCH3 is 2. The fraction of sp³-hybridized carbons (Fsp3) is 0.125. The molecule has 0 spiro atoms. The minimum Gasteiger partial charge on any atom is -0.496 e. The molecular weight excluding hydrogens is 492 g/mol. The monoisotopic (exact) mass is 512 g/mol. The van der Waals surface area contributed by atoms with Crippen LogP contribution < -0.4 is 19.6 Å². The van der Waals surface area contributed by atoms with Crippen molar-refractivity contribution in [2.24, 2.45) is 5.10 Å². The molecule has 0 aromatic heterocycles. The average Bonchev–Trinajstić information content (AvgIpc) is 2.83. The molecule has 0 fully saturated rings. The number of ether oxygens (including phenoxy) is 3. The van der Waals surface area contributed by atoms with Crippen LogP contribution in [-0.2, 0) is 6.61 Å². The maximum absolute atomic E-state index is 12.5. The van der Waals surface area contributed by atoms with Crippen LogP contribution in [0.1, 0.15) is 31.8 Å². The summed E-state index contributed by atoms with van der Waals surface area (Å²) >= 11 is 3.34. The van der Waals surface area contributed by atoms with E-state index in [1.54, 1.807) is 48.5 Å². The van der Waals surface area contributed by atoms with Crippen molar-refractivity contribution in [1.29, 1.82) is 0 Å². The molecule has 0 aliphatic carbocycles. The number of hydrogen-bond acceptors (Lipinski definition) is 6. The average molecular weight is 513 g/mol. The Bertz CT molecular complexity index is 1180. The molecule has 9 heteroatoms. The molecule has 33 heavy (non-hydrogen) atoms. The van der Waals surface area contributed by atoms with Gasteiger partial charge in [-0.2, -0.15) is 5.10 Å². The zero-order chi connectivity index (χ0) is 23.8. The Hall–Kier alpha value is -3.85. The summed E-state index contributed by atoms with van der Waals surface area (Å²) in [5, 5.41) is 13.1. The van der Waals surface area contributed by atoms with E-state index in [0.717, 1.165) is 10.0 Å². The van der Waals surface area contributed by atoms with Crippen LogP contribution in [0.4, 0.5) is 0 Å². The first-order chi connectivity index (χ1) is 15.9. The Morgan fingerprint density at radius 3 is 2.42 bits per heavy atom. The third-order valence-corrected chi connectivity index (χ3v) is 5.08. The van der Waals surface area contributed by atoms with Gasteiger partial charge in [-0.25, -0.2) is 10.2 Å². The number of carbonyl (C=O) groups is 2. The van der Waals surface area contributed by atoms with Crippen molar-refractivity contribution < 1.29 is 28.9 Å². The molecule has 1 amide bonds. The van der Waals surface area contributed by atoms with Crippen LogP contribution in [0, 0.1) is 0 Å². The number of benzene rings is 3. The largest absolute Gasteiger partial charge is 0.496 e. The summed E-state index contributed by atoms with van der Waals surface area (Å²) in [5.41, 5.74) is 4.37. The lowest BCUT2D eigenvalue weighted by Gasteiger charge is -2.13. The molecule has 0 atom stereocenters. The van der Waals surface area contributed by atoms with Crippen molar-refractivity contribution >= 4 is 34.0 Å². The van der Waals surface area contributed by atoms with Gasteiger partial charge in [0.05, 0.1) is 31.6 Å². The van der Waals surface area contributed by atoms with Gasteiger partial charge in [-0.3, -0.25) is 4.79 Å². The van der Waals surface area contributed by atoms with Crippen molar-refractivity contribution in [2.45, 2.75) is 6.61 Å². The number of hydrazone groups is 1. The van der Waals surface area contributed by atoms with Gasteiger partial charge in [-0.15, -0.1) is 0 Å². The van der Waals surface area contributed by atoms with Crippen molar-refractivity contribution in [1.82, 2.24) is 5.43 Å². The van der Waals surface area contributed by atoms with Crippen molar-refractivity contribution in [2.75, 3.05) is 14.2 Å². The van der Waals surface area contributed by atoms with E-state index in [2.05, 4.69) is 26.5 Å². The number of carbonyl (C=O) groups excluding carboxylic acids is 1. The first-order valence-electron chi connectivity index (χ1n) is 9.72. The summed E-state index contributed by atoms with van der Waals surface area (Å²) in [6.45, 7) is 0.183.